The lowest BCUT2D eigenvalue weighted by atomic mass is 10.1. The maximum absolute atomic E-state index is 13.5. The first-order valence-electron chi connectivity index (χ1n) is 8.82. The van der Waals surface area contributed by atoms with Crippen molar-refractivity contribution >= 4 is 11.7 Å². The largest absolute Gasteiger partial charge is 0.573 e. The van der Waals surface area contributed by atoms with E-state index in [4.69, 9.17) is 4.74 Å². The molecule has 1 fully saturated rings. The molecule has 2 aromatic rings. The van der Waals surface area contributed by atoms with Crippen molar-refractivity contribution in [1.29, 1.82) is 0 Å². The van der Waals surface area contributed by atoms with Gasteiger partial charge in [-0.2, -0.15) is 0 Å². The molecule has 1 aliphatic rings. The number of carbonyl (C=O) groups is 1. The third-order valence-corrected chi connectivity index (χ3v) is 4.53. The molecule has 2 aromatic carbocycles. The van der Waals surface area contributed by atoms with E-state index >= 15 is 0 Å². The van der Waals surface area contributed by atoms with Crippen LogP contribution in [0.25, 0.3) is 0 Å². The van der Waals surface area contributed by atoms with E-state index in [9.17, 15) is 22.4 Å². The number of anilines is 1. The summed E-state index contributed by atoms with van der Waals surface area (Å²) in [5.74, 6) is -0.436. The van der Waals surface area contributed by atoms with E-state index in [-0.39, 0.29) is 11.9 Å². The molecule has 0 aliphatic carbocycles. The Morgan fingerprint density at radius 2 is 1.69 bits per heavy atom. The molecule has 1 heterocycles. The van der Waals surface area contributed by atoms with Crippen LogP contribution >= 0.6 is 0 Å². The second-order valence-corrected chi connectivity index (χ2v) is 6.49. The van der Waals surface area contributed by atoms with Crippen LogP contribution in [-0.4, -0.2) is 44.8 Å². The number of nitrogens with zero attached hydrogens (tertiary/aromatic N) is 1. The molecule has 0 radical (unpaired) electrons. The van der Waals surface area contributed by atoms with Crippen molar-refractivity contribution in [3.63, 3.8) is 0 Å². The summed E-state index contributed by atoms with van der Waals surface area (Å²) in [4.78, 5) is 13.4. The quantitative estimate of drug-likeness (QED) is 0.520. The first kappa shape index (κ1) is 20.8. The van der Waals surface area contributed by atoms with Gasteiger partial charge in [-0.15, -0.1) is 13.2 Å². The van der Waals surface area contributed by atoms with Crippen LogP contribution in [0.15, 0.2) is 48.5 Å². The lowest BCUT2D eigenvalue weighted by molar-refractivity contribution is -0.274. The van der Waals surface area contributed by atoms with Gasteiger partial charge in [0.05, 0.1) is 25.3 Å². The van der Waals surface area contributed by atoms with Crippen LogP contribution in [0.5, 0.6) is 11.5 Å². The molecule has 0 N–H and O–H groups in total. The lowest BCUT2D eigenvalue weighted by Crippen LogP contribution is -2.31. The van der Waals surface area contributed by atoms with E-state index < -0.39 is 25.0 Å². The van der Waals surface area contributed by atoms with Crippen LogP contribution in [0.1, 0.15) is 16.8 Å². The highest BCUT2D eigenvalue weighted by atomic mass is 19.4. The number of methoxy groups -OCH3 is 1. The van der Waals surface area contributed by atoms with Crippen LogP contribution in [0.2, 0.25) is 0 Å². The molecule has 0 amide bonds. The molecule has 0 unspecified atom stereocenters. The van der Waals surface area contributed by atoms with Gasteiger partial charge in [0.2, 0.25) is 0 Å². The third-order valence-electron chi connectivity index (χ3n) is 4.53. The van der Waals surface area contributed by atoms with Crippen LogP contribution in [0.3, 0.4) is 0 Å². The van der Waals surface area contributed by atoms with Gasteiger partial charge in [-0.25, -0.2) is 9.18 Å². The molecular formula is C20H19F4NO4. The smallest absolute Gasteiger partial charge is 0.489 e. The summed E-state index contributed by atoms with van der Waals surface area (Å²) < 4.78 is 64.5. The Balaban J connectivity index is 1.65. The van der Waals surface area contributed by atoms with Crippen LogP contribution in [-0.2, 0) is 4.74 Å². The van der Waals surface area contributed by atoms with Gasteiger partial charge in [0.1, 0.15) is 24.3 Å². The van der Waals surface area contributed by atoms with Crippen molar-refractivity contribution in [3.05, 3.63) is 54.1 Å². The standard InChI is InChI=1S/C20H19F4NO4/c1-27-19(26)13-2-4-14(5-3-13)25-12-18(10-15(25)11-21)28-16-6-8-17(9-7-16)29-20(22,23)24/h2-9,15,18H,10-12H2,1H3/t15-,18-/m0/s1. The summed E-state index contributed by atoms with van der Waals surface area (Å²) in [5.41, 5.74) is 1.13. The van der Waals surface area contributed by atoms with E-state index in [0.717, 1.165) is 17.8 Å². The van der Waals surface area contributed by atoms with Crippen molar-refractivity contribution in [3.8, 4) is 11.5 Å². The highest BCUT2D eigenvalue weighted by Gasteiger charge is 2.34. The molecule has 156 valence electrons. The monoisotopic (exact) mass is 413 g/mol. The number of carbonyl (C=O) groups excluding carboxylic acids is 1. The summed E-state index contributed by atoms with van der Waals surface area (Å²) in [6.07, 6.45) is -4.69. The van der Waals surface area contributed by atoms with Gasteiger partial charge in [-0.3, -0.25) is 0 Å². The van der Waals surface area contributed by atoms with E-state index in [1.807, 2.05) is 4.90 Å². The average Bonchev–Trinajstić information content (AvgIpc) is 3.10. The number of ether oxygens (including phenoxy) is 3. The van der Waals surface area contributed by atoms with Gasteiger partial charge in [-0.05, 0) is 48.5 Å². The Hall–Kier alpha value is -2.97. The molecular weight excluding hydrogens is 394 g/mol. The minimum absolute atomic E-state index is 0.342. The number of hydrogen-bond acceptors (Lipinski definition) is 5. The number of hydrogen-bond donors (Lipinski definition) is 0. The van der Waals surface area contributed by atoms with Crippen molar-refractivity contribution in [1.82, 2.24) is 0 Å². The molecule has 1 aliphatic heterocycles. The van der Waals surface area contributed by atoms with Crippen molar-refractivity contribution in [2.75, 3.05) is 25.2 Å². The number of rotatable bonds is 6. The molecule has 3 rings (SSSR count). The molecule has 5 nitrogen and oxygen atoms in total. The highest BCUT2D eigenvalue weighted by molar-refractivity contribution is 5.89. The van der Waals surface area contributed by atoms with E-state index in [2.05, 4.69) is 9.47 Å². The zero-order chi connectivity index (χ0) is 21.0. The van der Waals surface area contributed by atoms with Gasteiger partial charge in [0.15, 0.2) is 0 Å². The minimum Gasteiger partial charge on any atom is -0.489 e. The lowest BCUT2D eigenvalue weighted by Gasteiger charge is -2.24. The highest BCUT2D eigenvalue weighted by Crippen LogP contribution is 2.30. The maximum atomic E-state index is 13.5. The summed E-state index contributed by atoms with van der Waals surface area (Å²) in [6.45, 7) is -0.191. The van der Waals surface area contributed by atoms with Crippen LogP contribution in [0.4, 0.5) is 23.2 Å². The Morgan fingerprint density at radius 3 is 2.24 bits per heavy atom. The molecule has 0 aromatic heterocycles. The average molecular weight is 413 g/mol. The first-order chi connectivity index (χ1) is 13.8. The Labute approximate surface area is 164 Å². The van der Waals surface area contributed by atoms with E-state index in [0.29, 0.717) is 24.3 Å². The molecule has 29 heavy (non-hydrogen) atoms. The predicted octanol–water partition coefficient (Wildman–Crippen LogP) is 4.37. The van der Waals surface area contributed by atoms with Gasteiger partial charge in [0.25, 0.3) is 0 Å². The minimum atomic E-state index is -4.76. The number of esters is 1. The number of alkyl halides is 4. The third kappa shape index (κ3) is 5.30. The van der Waals surface area contributed by atoms with Gasteiger partial charge in [0, 0.05) is 12.1 Å². The van der Waals surface area contributed by atoms with Crippen LogP contribution < -0.4 is 14.4 Å². The first-order valence-corrected chi connectivity index (χ1v) is 8.82. The zero-order valence-corrected chi connectivity index (χ0v) is 15.5. The fourth-order valence-corrected chi connectivity index (χ4v) is 3.24. The fourth-order valence-electron chi connectivity index (χ4n) is 3.24. The normalized spacial score (nSPS) is 19.1. The van der Waals surface area contributed by atoms with Crippen molar-refractivity contribution in [2.45, 2.75) is 24.9 Å². The summed E-state index contributed by atoms with van der Waals surface area (Å²) in [7, 11) is 1.29. The van der Waals surface area contributed by atoms with Gasteiger partial charge in [-0.1, -0.05) is 0 Å². The molecule has 0 saturated carbocycles. The van der Waals surface area contributed by atoms with Crippen LogP contribution in [0, 0.1) is 0 Å². The molecule has 1 saturated heterocycles. The van der Waals surface area contributed by atoms with Gasteiger partial charge < -0.3 is 19.1 Å². The second-order valence-electron chi connectivity index (χ2n) is 6.49. The summed E-state index contributed by atoms with van der Waals surface area (Å²) >= 11 is 0. The molecule has 2 atom stereocenters. The van der Waals surface area contributed by atoms with Gasteiger partial charge >= 0.3 is 12.3 Å². The van der Waals surface area contributed by atoms with E-state index in [1.54, 1.807) is 24.3 Å². The second kappa shape index (κ2) is 8.59. The maximum Gasteiger partial charge on any atom is 0.573 e. The Morgan fingerprint density at radius 1 is 1.07 bits per heavy atom. The molecule has 0 spiro atoms. The SMILES string of the molecule is COC(=O)c1ccc(N2C[C@@H](Oc3ccc(OC(F)(F)F)cc3)C[C@H]2CF)cc1. The molecule has 0 bridgehead atoms. The zero-order valence-electron chi connectivity index (χ0n) is 15.5. The number of benzene rings is 2. The number of halogens is 4. The summed E-state index contributed by atoms with van der Waals surface area (Å²) in [5, 5.41) is 0. The predicted molar refractivity (Wildman–Crippen MR) is 97.0 cm³/mol. The van der Waals surface area contributed by atoms with Crippen molar-refractivity contribution in [2.24, 2.45) is 0 Å². The Kier molecular flexibility index (Phi) is 6.14. The molecule has 9 heteroatoms. The topological polar surface area (TPSA) is 48.0 Å². The van der Waals surface area contributed by atoms with E-state index in [1.165, 1.54) is 19.2 Å². The summed E-state index contributed by atoms with van der Waals surface area (Å²) in [6, 6.07) is 11.3. The fraction of sp³-hybridized carbons (Fsp3) is 0.350. The Bertz CT molecular complexity index is 824. The van der Waals surface area contributed by atoms with Crippen molar-refractivity contribution < 1.29 is 36.6 Å².